The number of methoxy groups -OCH3 is 1. The first-order chi connectivity index (χ1) is 13.2. The van der Waals surface area contributed by atoms with Gasteiger partial charge >= 0.3 is 0 Å². The molecule has 0 atom stereocenters. The van der Waals surface area contributed by atoms with E-state index in [1.807, 2.05) is 41.8 Å². The molecule has 0 bridgehead atoms. The number of rotatable bonds is 7. The van der Waals surface area contributed by atoms with Gasteiger partial charge in [-0.2, -0.15) is 5.26 Å². The van der Waals surface area contributed by atoms with Crippen molar-refractivity contribution in [2.24, 2.45) is 0 Å². The number of hydrogen-bond donors (Lipinski definition) is 0. The molecular formula is C22H17NO3S. The van der Waals surface area contributed by atoms with Gasteiger partial charge in [0.25, 0.3) is 0 Å². The highest BCUT2D eigenvalue weighted by atomic mass is 32.1. The summed E-state index contributed by atoms with van der Waals surface area (Å²) in [6.45, 7) is 0.392. The minimum atomic E-state index is -0.282. The first kappa shape index (κ1) is 18.4. The molecule has 4 nitrogen and oxygen atoms in total. The van der Waals surface area contributed by atoms with Crippen molar-refractivity contribution in [2.45, 2.75) is 6.61 Å². The molecule has 0 saturated heterocycles. The standard InChI is InChI=1S/C22H17NO3S/c1-25-19-10-9-17(12-18(14-23)22(24)21-8-5-11-27-21)13-20(19)26-15-16-6-3-2-4-7-16/h2-13H,15H2,1H3/b18-12+. The van der Waals surface area contributed by atoms with Crippen molar-refractivity contribution in [3.8, 4) is 17.6 Å². The largest absolute Gasteiger partial charge is 0.493 e. The van der Waals surface area contributed by atoms with Gasteiger partial charge in [0.1, 0.15) is 18.2 Å². The summed E-state index contributed by atoms with van der Waals surface area (Å²) in [5, 5.41) is 11.2. The van der Waals surface area contributed by atoms with Gasteiger partial charge in [0, 0.05) is 0 Å². The van der Waals surface area contributed by atoms with E-state index in [1.54, 1.807) is 43.5 Å². The summed E-state index contributed by atoms with van der Waals surface area (Å²) in [7, 11) is 1.57. The third-order valence-electron chi connectivity index (χ3n) is 3.85. The number of Topliss-reactive ketones (excluding diaryl/α,β-unsaturated/α-hetero) is 1. The Bertz CT molecular complexity index is 986. The maximum Gasteiger partial charge on any atom is 0.213 e. The quantitative estimate of drug-likeness (QED) is 0.326. The predicted molar refractivity (Wildman–Crippen MR) is 106 cm³/mol. The SMILES string of the molecule is COc1ccc(/C=C(\C#N)C(=O)c2cccs2)cc1OCc1ccccc1. The first-order valence-corrected chi connectivity index (χ1v) is 9.14. The second kappa shape index (κ2) is 8.84. The van der Waals surface area contributed by atoms with Gasteiger partial charge in [-0.05, 0) is 40.8 Å². The van der Waals surface area contributed by atoms with Crippen LogP contribution in [-0.2, 0) is 6.61 Å². The fourth-order valence-corrected chi connectivity index (χ4v) is 3.16. The Morgan fingerprint density at radius 2 is 1.93 bits per heavy atom. The van der Waals surface area contributed by atoms with Gasteiger partial charge < -0.3 is 9.47 Å². The van der Waals surface area contributed by atoms with Gasteiger partial charge in [-0.1, -0.05) is 42.5 Å². The zero-order valence-corrected chi connectivity index (χ0v) is 15.5. The van der Waals surface area contributed by atoms with E-state index in [-0.39, 0.29) is 11.4 Å². The second-order valence-electron chi connectivity index (χ2n) is 5.66. The van der Waals surface area contributed by atoms with E-state index in [4.69, 9.17) is 9.47 Å². The van der Waals surface area contributed by atoms with Crippen molar-refractivity contribution in [3.05, 3.63) is 87.6 Å². The monoisotopic (exact) mass is 375 g/mol. The second-order valence-corrected chi connectivity index (χ2v) is 6.61. The van der Waals surface area contributed by atoms with E-state index in [0.29, 0.717) is 28.5 Å². The molecule has 0 aliphatic carbocycles. The maximum absolute atomic E-state index is 12.4. The maximum atomic E-state index is 12.4. The zero-order valence-electron chi connectivity index (χ0n) is 14.7. The lowest BCUT2D eigenvalue weighted by molar-refractivity contribution is 0.104. The number of benzene rings is 2. The Balaban J connectivity index is 1.85. The zero-order chi connectivity index (χ0) is 19.1. The number of hydrogen-bond acceptors (Lipinski definition) is 5. The topological polar surface area (TPSA) is 59.3 Å². The van der Waals surface area contributed by atoms with E-state index >= 15 is 0 Å². The van der Waals surface area contributed by atoms with E-state index in [9.17, 15) is 10.1 Å². The summed E-state index contributed by atoms with van der Waals surface area (Å²) in [5.74, 6) is 0.859. The summed E-state index contributed by atoms with van der Waals surface area (Å²) >= 11 is 1.31. The molecule has 134 valence electrons. The van der Waals surface area contributed by atoms with Crippen molar-refractivity contribution in [2.75, 3.05) is 7.11 Å². The molecule has 3 aromatic rings. The molecule has 0 radical (unpaired) electrons. The van der Waals surface area contributed by atoms with Crippen molar-refractivity contribution in [1.82, 2.24) is 0 Å². The molecule has 27 heavy (non-hydrogen) atoms. The number of nitriles is 1. The van der Waals surface area contributed by atoms with Crippen LogP contribution in [0.15, 0.2) is 71.6 Å². The van der Waals surface area contributed by atoms with Gasteiger partial charge in [-0.25, -0.2) is 0 Å². The molecule has 2 aromatic carbocycles. The molecule has 3 rings (SSSR count). The molecule has 0 aliphatic rings. The van der Waals surface area contributed by atoms with Crippen LogP contribution in [-0.4, -0.2) is 12.9 Å². The molecule has 1 aromatic heterocycles. The van der Waals surface area contributed by atoms with E-state index < -0.39 is 0 Å². The Morgan fingerprint density at radius 1 is 1.11 bits per heavy atom. The normalized spacial score (nSPS) is 10.9. The third kappa shape index (κ3) is 4.63. The molecular weight excluding hydrogens is 358 g/mol. The minimum Gasteiger partial charge on any atom is -0.493 e. The summed E-state index contributed by atoms with van der Waals surface area (Å²) in [5.41, 5.74) is 1.81. The van der Waals surface area contributed by atoms with Crippen LogP contribution < -0.4 is 9.47 Å². The molecule has 1 heterocycles. The van der Waals surface area contributed by atoms with Crippen molar-refractivity contribution >= 4 is 23.2 Å². The van der Waals surface area contributed by atoms with Crippen molar-refractivity contribution in [3.63, 3.8) is 0 Å². The molecule has 0 saturated carbocycles. The minimum absolute atomic E-state index is 0.0802. The van der Waals surface area contributed by atoms with Crippen LogP contribution >= 0.6 is 11.3 Å². The summed E-state index contributed by atoms with van der Waals surface area (Å²) in [4.78, 5) is 13.0. The molecule has 0 spiro atoms. The van der Waals surface area contributed by atoms with Crippen LogP contribution in [0, 0.1) is 11.3 Å². The van der Waals surface area contributed by atoms with Crippen LogP contribution in [0.25, 0.3) is 6.08 Å². The van der Waals surface area contributed by atoms with Crippen molar-refractivity contribution in [1.29, 1.82) is 5.26 Å². The van der Waals surface area contributed by atoms with Gasteiger partial charge in [-0.15, -0.1) is 11.3 Å². The smallest absolute Gasteiger partial charge is 0.213 e. The average Bonchev–Trinajstić information content (AvgIpc) is 3.25. The van der Waals surface area contributed by atoms with E-state index in [0.717, 1.165) is 5.56 Å². The van der Waals surface area contributed by atoms with E-state index in [2.05, 4.69) is 0 Å². The lowest BCUT2D eigenvalue weighted by atomic mass is 10.1. The molecule has 5 heteroatoms. The highest BCUT2D eigenvalue weighted by Gasteiger charge is 2.14. The molecule has 0 N–H and O–H groups in total. The number of ketones is 1. The molecule has 0 fully saturated rings. The highest BCUT2D eigenvalue weighted by molar-refractivity contribution is 7.12. The fourth-order valence-electron chi connectivity index (χ4n) is 2.49. The summed E-state index contributed by atoms with van der Waals surface area (Å²) in [6, 6.07) is 20.6. The lowest BCUT2D eigenvalue weighted by Gasteiger charge is -2.11. The van der Waals surface area contributed by atoms with Crippen LogP contribution in [0.1, 0.15) is 20.8 Å². The Morgan fingerprint density at radius 3 is 2.59 bits per heavy atom. The summed E-state index contributed by atoms with van der Waals surface area (Å²) < 4.78 is 11.2. The van der Waals surface area contributed by atoms with Crippen LogP contribution in [0.5, 0.6) is 11.5 Å². The number of ether oxygens (including phenoxy) is 2. The average molecular weight is 375 g/mol. The molecule has 0 amide bonds. The molecule has 0 aliphatic heterocycles. The fraction of sp³-hybridized carbons (Fsp3) is 0.0909. The van der Waals surface area contributed by atoms with Gasteiger partial charge in [0.2, 0.25) is 5.78 Å². The number of thiophene rings is 1. The predicted octanol–water partition coefficient (Wildman–Crippen LogP) is 5.13. The van der Waals surface area contributed by atoms with Crippen LogP contribution in [0.3, 0.4) is 0 Å². The first-order valence-electron chi connectivity index (χ1n) is 8.26. The molecule has 0 unspecified atom stereocenters. The Kier molecular flexibility index (Phi) is 6.03. The highest BCUT2D eigenvalue weighted by Crippen LogP contribution is 2.30. The number of carbonyl (C=O) groups is 1. The number of nitrogens with zero attached hydrogens (tertiary/aromatic N) is 1. The van der Waals surface area contributed by atoms with Crippen molar-refractivity contribution < 1.29 is 14.3 Å². The number of carbonyl (C=O) groups excluding carboxylic acids is 1. The third-order valence-corrected chi connectivity index (χ3v) is 4.71. The Hall–Kier alpha value is -3.36. The number of allylic oxidation sites excluding steroid dienone is 1. The lowest BCUT2D eigenvalue weighted by Crippen LogP contribution is -2.00. The summed E-state index contributed by atoms with van der Waals surface area (Å²) in [6.07, 6.45) is 1.57. The van der Waals surface area contributed by atoms with Crippen LogP contribution in [0.4, 0.5) is 0 Å². The van der Waals surface area contributed by atoms with Gasteiger partial charge in [0.15, 0.2) is 11.5 Å². The van der Waals surface area contributed by atoms with Crippen LogP contribution in [0.2, 0.25) is 0 Å². The van der Waals surface area contributed by atoms with E-state index in [1.165, 1.54) is 11.3 Å². The van der Waals surface area contributed by atoms with Gasteiger partial charge in [0.05, 0.1) is 12.0 Å². The Labute approximate surface area is 161 Å². The van der Waals surface area contributed by atoms with Gasteiger partial charge in [-0.3, -0.25) is 4.79 Å².